The van der Waals surface area contributed by atoms with Gasteiger partial charge in [-0.15, -0.1) is 0 Å². The van der Waals surface area contributed by atoms with Crippen molar-refractivity contribution >= 4 is 16.9 Å². The van der Waals surface area contributed by atoms with Crippen molar-refractivity contribution in [1.29, 1.82) is 5.41 Å². The van der Waals surface area contributed by atoms with E-state index in [1.165, 1.54) is 0 Å². The molecule has 0 atom stereocenters. The van der Waals surface area contributed by atoms with Gasteiger partial charge in [0.2, 0.25) is 5.96 Å². The van der Waals surface area contributed by atoms with Gasteiger partial charge in [-0.05, 0) is 0 Å². The van der Waals surface area contributed by atoms with E-state index in [0.29, 0.717) is 0 Å². The molecule has 0 radical (unpaired) electrons. The Morgan fingerprint density at radius 2 is 2.25 bits per heavy atom. The first-order valence-corrected chi connectivity index (χ1v) is 2.64. The third-order valence-corrected chi connectivity index (χ3v) is 0.470. The molecule has 0 unspecified atom stereocenters. The molecule has 48 valence electrons. The second-order valence-electron chi connectivity index (χ2n) is 0.831. The quantitative estimate of drug-likeness (QED) is 0.152. The highest BCUT2D eigenvalue weighted by atomic mass is 32.2. The zero-order valence-electron chi connectivity index (χ0n) is 3.75. The minimum absolute atomic E-state index is 0.552. The summed E-state index contributed by atoms with van der Waals surface area (Å²) in [7, 11) is -2.96. The van der Waals surface area contributed by atoms with Crippen LogP contribution >= 0.6 is 0 Å². The highest BCUT2D eigenvalue weighted by Gasteiger charge is 1.83. The van der Waals surface area contributed by atoms with Crippen LogP contribution in [0.25, 0.3) is 0 Å². The van der Waals surface area contributed by atoms with Gasteiger partial charge in [0.1, 0.15) is 0 Å². The lowest BCUT2D eigenvalue weighted by atomic mass is 11.1. The van der Waals surface area contributed by atoms with E-state index in [4.69, 9.17) is 5.41 Å². The molecular weight excluding hydrogens is 134 g/mol. The molecule has 0 aliphatic heterocycles. The lowest BCUT2D eigenvalue weighted by molar-refractivity contribution is 0.278. The van der Waals surface area contributed by atoms with E-state index in [0.717, 1.165) is 0 Å². The average Bonchev–Trinajstić information content (AvgIpc) is 1.61. The van der Waals surface area contributed by atoms with E-state index >= 15 is 0 Å². The molecule has 0 saturated carbocycles. The number of nitrogens with one attached hydrogen (secondary N) is 2. The Kier molecular flexibility index (Phi) is 2.89. The third-order valence-electron chi connectivity index (χ3n) is 0.230. The Morgan fingerprint density at radius 1 is 1.75 bits per heavy atom. The molecule has 4 N–H and O–H groups in total. The molecule has 7 heteroatoms. The second-order valence-corrected chi connectivity index (χ2v) is 1.46. The van der Waals surface area contributed by atoms with Gasteiger partial charge in [-0.1, -0.05) is 0 Å². The molecule has 0 saturated heterocycles. The second kappa shape index (κ2) is 3.22. The van der Waals surface area contributed by atoms with Crippen LogP contribution in [0.1, 0.15) is 0 Å². The normalized spacial score (nSPS) is 9.12. The van der Waals surface area contributed by atoms with Crippen molar-refractivity contribution in [2.24, 2.45) is 5.73 Å². The van der Waals surface area contributed by atoms with E-state index in [-0.39, 0.29) is 0 Å². The Bertz CT molecular complexity index is 143. The lowest BCUT2D eigenvalue weighted by Gasteiger charge is -1.92. The van der Waals surface area contributed by atoms with Gasteiger partial charge in [-0.25, -0.2) is 13.9 Å². The lowest BCUT2D eigenvalue weighted by Crippen LogP contribution is -2.29. The molecule has 0 aromatic carbocycles. The van der Waals surface area contributed by atoms with Crippen molar-refractivity contribution in [3.63, 3.8) is 0 Å². The predicted molar refractivity (Wildman–Crippen MR) is 26.4 cm³/mol. The highest BCUT2D eigenvalue weighted by Crippen LogP contribution is 1.58. The fraction of sp³-hybridized carbons (Fsp3) is 0. The molecule has 8 heavy (non-hydrogen) atoms. The zero-order valence-corrected chi connectivity index (χ0v) is 4.64. The summed E-state index contributed by atoms with van der Waals surface area (Å²) in [5.74, 6) is -0.552. The maximum Gasteiger partial charge on any atom is 0.277 e. The summed E-state index contributed by atoms with van der Waals surface area (Å²) in [5, 5.41) is 6.36. The zero-order chi connectivity index (χ0) is 6.57. The monoisotopic (exact) mass is 139 g/mol. The van der Waals surface area contributed by atoms with E-state index in [2.05, 4.69) is 10.0 Å². The largest absolute Gasteiger partial charge is 0.368 e. The van der Waals surface area contributed by atoms with Crippen molar-refractivity contribution < 1.29 is 12.7 Å². The van der Waals surface area contributed by atoms with Crippen LogP contribution in [-0.2, 0) is 15.3 Å². The van der Waals surface area contributed by atoms with Gasteiger partial charge in [0.25, 0.3) is 11.0 Å². The van der Waals surface area contributed by atoms with E-state index in [1.54, 1.807) is 5.48 Å². The summed E-state index contributed by atoms with van der Waals surface area (Å²) >= 11 is 0. The Hall–Kier alpha value is -0.820. The van der Waals surface area contributed by atoms with Gasteiger partial charge in [-0.3, -0.25) is 5.41 Å². The van der Waals surface area contributed by atoms with Crippen molar-refractivity contribution in [2.75, 3.05) is 0 Å². The summed E-state index contributed by atoms with van der Waals surface area (Å²) in [4.78, 5) is 0. The van der Waals surface area contributed by atoms with Crippen molar-refractivity contribution in [3.05, 3.63) is 0 Å². The van der Waals surface area contributed by atoms with Crippen LogP contribution in [-0.4, -0.2) is 14.4 Å². The number of hydrogen-bond donors (Lipinski definition) is 4. The maximum atomic E-state index is 9.50. The first-order valence-electron chi connectivity index (χ1n) is 1.54. The molecule has 0 aromatic rings. The molecule has 0 amide bonds. The maximum absolute atomic E-state index is 9.50. The van der Waals surface area contributed by atoms with Crippen LogP contribution in [0.3, 0.4) is 0 Å². The Morgan fingerprint density at radius 3 is 2.38 bits per heavy atom. The number of guanidine groups is 1. The minimum atomic E-state index is -2.96. The number of thiol groups is 1. The van der Waals surface area contributed by atoms with Crippen molar-refractivity contribution in [2.45, 2.75) is 0 Å². The Labute approximate surface area is 47.2 Å². The number of hydroxylamine groups is 1. The van der Waals surface area contributed by atoms with Crippen LogP contribution in [0.15, 0.2) is 0 Å². The van der Waals surface area contributed by atoms with E-state index < -0.39 is 16.9 Å². The van der Waals surface area contributed by atoms with Gasteiger partial charge in [0.15, 0.2) is 0 Å². The van der Waals surface area contributed by atoms with E-state index in [9.17, 15) is 8.42 Å². The first kappa shape index (κ1) is 7.18. The summed E-state index contributed by atoms with van der Waals surface area (Å²) < 4.78 is 22.7. The van der Waals surface area contributed by atoms with Gasteiger partial charge in [-0.2, -0.15) is 4.28 Å². The predicted octanol–water partition coefficient (Wildman–Crippen LogP) is -2.07. The fourth-order valence-corrected chi connectivity index (χ4v) is 0.259. The topological polar surface area (TPSA) is 105 Å². The highest BCUT2D eigenvalue weighted by molar-refractivity contribution is 7.67. The molecular formula is CH5N3O3S. The molecule has 0 aromatic heterocycles. The van der Waals surface area contributed by atoms with Gasteiger partial charge in [0, 0.05) is 0 Å². The molecule has 0 aliphatic rings. The fourth-order valence-electron chi connectivity index (χ4n) is 0.0864. The molecule has 6 nitrogen and oxygen atoms in total. The summed E-state index contributed by atoms with van der Waals surface area (Å²) in [6.07, 6.45) is 0. The molecule has 0 aliphatic carbocycles. The minimum Gasteiger partial charge on any atom is -0.368 e. The summed E-state index contributed by atoms with van der Waals surface area (Å²) in [5.41, 5.74) is 6.23. The summed E-state index contributed by atoms with van der Waals surface area (Å²) in [6.45, 7) is 0. The first-order chi connectivity index (χ1) is 3.63. The van der Waals surface area contributed by atoms with Crippen molar-refractivity contribution in [3.8, 4) is 0 Å². The number of hydrogen-bond acceptors (Lipinski definition) is 4. The Balaban J connectivity index is 3.32. The average molecular weight is 139 g/mol. The van der Waals surface area contributed by atoms with Crippen molar-refractivity contribution in [1.82, 2.24) is 5.48 Å². The smallest absolute Gasteiger partial charge is 0.277 e. The molecule has 0 heterocycles. The standard InChI is InChI=1S/CH5N3O3S/c2-1(3)4-7-8(5)6/h8H,(H4,2,3,4). The van der Waals surface area contributed by atoms with Crippen LogP contribution in [0, 0.1) is 5.41 Å². The third kappa shape index (κ3) is 5.18. The van der Waals surface area contributed by atoms with Crippen LogP contribution in [0.4, 0.5) is 0 Å². The van der Waals surface area contributed by atoms with Gasteiger partial charge < -0.3 is 5.73 Å². The van der Waals surface area contributed by atoms with Gasteiger partial charge >= 0.3 is 0 Å². The molecule has 0 bridgehead atoms. The molecule has 0 spiro atoms. The summed E-state index contributed by atoms with van der Waals surface area (Å²) in [6, 6.07) is 0. The van der Waals surface area contributed by atoms with E-state index in [1.807, 2.05) is 0 Å². The molecule has 0 fully saturated rings. The van der Waals surface area contributed by atoms with Gasteiger partial charge in [0.05, 0.1) is 0 Å². The molecule has 0 rings (SSSR count). The SMILES string of the molecule is N=C(N)NO[SH](=O)=O. The van der Waals surface area contributed by atoms with Crippen LogP contribution < -0.4 is 11.2 Å². The number of nitrogens with two attached hydrogens (primary N) is 1. The number of rotatable bonds is 2. The van der Waals surface area contributed by atoms with Crippen LogP contribution in [0.5, 0.6) is 0 Å². The van der Waals surface area contributed by atoms with Crippen LogP contribution in [0.2, 0.25) is 0 Å².